The summed E-state index contributed by atoms with van der Waals surface area (Å²) in [6.45, 7) is 1.75. The van der Waals surface area contributed by atoms with Crippen molar-refractivity contribution >= 4 is 11.4 Å². The summed E-state index contributed by atoms with van der Waals surface area (Å²) in [5.41, 5.74) is 13.8. The van der Waals surface area contributed by atoms with E-state index in [1.54, 1.807) is 20.3 Å². The molecule has 0 saturated heterocycles. The van der Waals surface area contributed by atoms with Gasteiger partial charge >= 0.3 is 0 Å². The van der Waals surface area contributed by atoms with E-state index in [9.17, 15) is 0 Å². The Morgan fingerprint density at radius 1 is 0.944 bits per heavy atom. The Kier molecular flexibility index (Phi) is 6.32. The average molecular weight is 254 g/mol. The van der Waals surface area contributed by atoms with E-state index in [1.807, 2.05) is 6.07 Å². The molecule has 1 aromatic carbocycles. The molecular formula is C13H22N2O3. The summed E-state index contributed by atoms with van der Waals surface area (Å²) in [5, 5.41) is 0. The fourth-order valence-corrected chi connectivity index (χ4v) is 1.63. The minimum absolute atomic E-state index is 0.497. The van der Waals surface area contributed by atoms with Crippen molar-refractivity contribution in [3.63, 3.8) is 0 Å². The van der Waals surface area contributed by atoms with Crippen molar-refractivity contribution in [2.75, 3.05) is 45.5 Å². The summed E-state index contributed by atoms with van der Waals surface area (Å²) in [7, 11) is 3.33. The third kappa shape index (κ3) is 4.43. The molecule has 5 nitrogen and oxygen atoms in total. The van der Waals surface area contributed by atoms with Crippen LogP contribution in [0.5, 0.6) is 5.75 Å². The van der Waals surface area contributed by atoms with Gasteiger partial charge in [0.05, 0.1) is 18.0 Å². The number of nitrogens with two attached hydrogens (primary N) is 2. The first-order valence-electron chi connectivity index (χ1n) is 5.97. The first-order chi connectivity index (χ1) is 8.69. The maximum atomic E-state index is 5.81. The molecule has 0 radical (unpaired) electrons. The molecule has 0 saturated carbocycles. The van der Waals surface area contributed by atoms with Gasteiger partial charge in [-0.15, -0.1) is 0 Å². The lowest BCUT2D eigenvalue weighted by molar-refractivity contribution is 0.145. The zero-order valence-corrected chi connectivity index (χ0v) is 11.1. The van der Waals surface area contributed by atoms with Crippen LogP contribution in [0.1, 0.15) is 12.0 Å². The molecule has 0 aliphatic rings. The first-order valence-corrected chi connectivity index (χ1v) is 5.97. The second-order valence-corrected chi connectivity index (χ2v) is 4.03. The number of nitrogen functional groups attached to an aromatic ring is 2. The topological polar surface area (TPSA) is 79.7 Å². The SMILES string of the molecule is COCCCc1cc(N)c(N)cc1OCCOC. The minimum atomic E-state index is 0.497. The maximum absolute atomic E-state index is 5.81. The third-order valence-electron chi connectivity index (χ3n) is 2.61. The maximum Gasteiger partial charge on any atom is 0.124 e. The van der Waals surface area contributed by atoms with Gasteiger partial charge in [-0.2, -0.15) is 0 Å². The molecule has 0 bridgehead atoms. The molecule has 0 heterocycles. The Bertz CT molecular complexity index is 334. The summed E-state index contributed by atoms with van der Waals surface area (Å²) >= 11 is 0. The fraction of sp³-hybridized carbons (Fsp3) is 0.538. The van der Waals surface area contributed by atoms with Crippen LogP contribution in [-0.4, -0.2) is 34.0 Å². The zero-order valence-electron chi connectivity index (χ0n) is 11.1. The number of rotatable bonds is 8. The molecule has 0 aliphatic heterocycles. The van der Waals surface area contributed by atoms with Crippen LogP contribution < -0.4 is 16.2 Å². The Morgan fingerprint density at radius 2 is 1.61 bits per heavy atom. The average Bonchev–Trinajstić information content (AvgIpc) is 2.35. The molecule has 4 N–H and O–H groups in total. The van der Waals surface area contributed by atoms with Crippen molar-refractivity contribution in [2.24, 2.45) is 0 Å². The largest absolute Gasteiger partial charge is 0.491 e. The van der Waals surface area contributed by atoms with Crippen molar-refractivity contribution in [2.45, 2.75) is 12.8 Å². The van der Waals surface area contributed by atoms with Crippen molar-refractivity contribution in [3.8, 4) is 5.75 Å². The number of ether oxygens (including phenoxy) is 3. The molecule has 0 aromatic heterocycles. The van der Waals surface area contributed by atoms with Gasteiger partial charge in [0.1, 0.15) is 12.4 Å². The third-order valence-corrected chi connectivity index (χ3v) is 2.61. The second kappa shape index (κ2) is 7.79. The molecule has 1 rings (SSSR count). The van der Waals surface area contributed by atoms with Crippen LogP contribution in [0, 0.1) is 0 Å². The van der Waals surface area contributed by atoms with Crippen LogP contribution in [0.4, 0.5) is 11.4 Å². The standard InChI is InChI=1S/C13H22N2O3/c1-16-5-3-4-10-8-11(14)12(15)9-13(10)18-7-6-17-2/h8-9H,3-7,14-15H2,1-2H3. The molecule has 0 amide bonds. The van der Waals surface area contributed by atoms with E-state index in [1.165, 1.54) is 0 Å². The number of aryl methyl sites for hydroxylation is 1. The Labute approximate surface area is 108 Å². The molecule has 1 aromatic rings. The van der Waals surface area contributed by atoms with E-state index in [-0.39, 0.29) is 0 Å². The van der Waals surface area contributed by atoms with Gasteiger partial charge in [0, 0.05) is 26.9 Å². The van der Waals surface area contributed by atoms with Crippen LogP contribution >= 0.6 is 0 Å². The molecule has 5 heteroatoms. The lowest BCUT2D eigenvalue weighted by atomic mass is 10.1. The molecule has 18 heavy (non-hydrogen) atoms. The lowest BCUT2D eigenvalue weighted by Gasteiger charge is -2.13. The molecule has 0 atom stereocenters. The first kappa shape index (κ1) is 14.6. The van der Waals surface area contributed by atoms with Crippen molar-refractivity contribution in [3.05, 3.63) is 17.7 Å². The highest BCUT2D eigenvalue weighted by atomic mass is 16.5. The monoisotopic (exact) mass is 254 g/mol. The number of hydrogen-bond acceptors (Lipinski definition) is 5. The van der Waals surface area contributed by atoms with E-state index < -0.39 is 0 Å². The zero-order chi connectivity index (χ0) is 13.4. The van der Waals surface area contributed by atoms with Crippen molar-refractivity contribution in [1.29, 1.82) is 0 Å². The van der Waals surface area contributed by atoms with Crippen molar-refractivity contribution < 1.29 is 14.2 Å². The summed E-state index contributed by atoms with van der Waals surface area (Å²) in [5.74, 6) is 0.773. The van der Waals surface area contributed by atoms with Crippen LogP contribution in [0.3, 0.4) is 0 Å². The van der Waals surface area contributed by atoms with Crippen molar-refractivity contribution in [1.82, 2.24) is 0 Å². The summed E-state index contributed by atoms with van der Waals surface area (Å²) in [6, 6.07) is 3.64. The van der Waals surface area contributed by atoms with E-state index in [2.05, 4.69) is 0 Å². The highest BCUT2D eigenvalue weighted by molar-refractivity contribution is 5.67. The Balaban J connectivity index is 2.73. The Morgan fingerprint density at radius 3 is 2.28 bits per heavy atom. The summed E-state index contributed by atoms with van der Waals surface area (Å²) in [6.07, 6.45) is 1.77. The van der Waals surface area contributed by atoms with Gasteiger partial charge in [-0.25, -0.2) is 0 Å². The van der Waals surface area contributed by atoms with E-state index in [4.69, 9.17) is 25.7 Å². The second-order valence-electron chi connectivity index (χ2n) is 4.03. The molecular weight excluding hydrogens is 232 g/mol. The van der Waals surface area contributed by atoms with Gasteiger partial charge in [0.2, 0.25) is 0 Å². The van der Waals surface area contributed by atoms with Gasteiger partial charge < -0.3 is 25.7 Å². The van der Waals surface area contributed by atoms with E-state index in [0.29, 0.717) is 31.2 Å². The van der Waals surface area contributed by atoms with Crippen LogP contribution in [-0.2, 0) is 15.9 Å². The molecule has 0 aliphatic carbocycles. The highest BCUT2D eigenvalue weighted by Gasteiger charge is 2.07. The van der Waals surface area contributed by atoms with Gasteiger partial charge in [0.25, 0.3) is 0 Å². The molecule has 102 valence electrons. The normalized spacial score (nSPS) is 10.6. The van der Waals surface area contributed by atoms with Gasteiger partial charge in [-0.1, -0.05) is 0 Å². The summed E-state index contributed by atoms with van der Waals surface area (Å²) in [4.78, 5) is 0. The number of hydrogen-bond donors (Lipinski definition) is 2. The number of anilines is 2. The van der Waals surface area contributed by atoms with Gasteiger partial charge in [0.15, 0.2) is 0 Å². The quantitative estimate of drug-likeness (QED) is 0.542. The van der Waals surface area contributed by atoms with Crippen LogP contribution in [0.25, 0.3) is 0 Å². The van der Waals surface area contributed by atoms with Crippen LogP contribution in [0.2, 0.25) is 0 Å². The Hall–Kier alpha value is -1.46. The number of benzene rings is 1. The summed E-state index contributed by atoms with van der Waals surface area (Å²) < 4.78 is 15.6. The fourth-order valence-electron chi connectivity index (χ4n) is 1.63. The van der Waals surface area contributed by atoms with Gasteiger partial charge in [-0.05, 0) is 24.5 Å². The number of methoxy groups -OCH3 is 2. The molecule has 0 fully saturated rings. The smallest absolute Gasteiger partial charge is 0.124 e. The predicted molar refractivity (Wildman–Crippen MR) is 72.8 cm³/mol. The molecule has 0 unspecified atom stereocenters. The van der Waals surface area contributed by atoms with E-state index in [0.717, 1.165) is 24.2 Å². The predicted octanol–water partition coefficient (Wildman–Crippen LogP) is 1.46. The van der Waals surface area contributed by atoms with Gasteiger partial charge in [-0.3, -0.25) is 0 Å². The van der Waals surface area contributed by atoms with Crippen LogP contribution in [0.15, 0.2) is 12.1 Å². The lowest BCUT2D eigenvalue weighted by Crippen LogP contribution is -2.08. The highest BCUT2D eigenvalue weighted by Crippen LogP contribution is 2.28. The van der Waals surface area contributed by atoms with E-state index >= 15 is 0 Å². The minimum Gasteiger partial charge on any atom is -0.491 e. The molecule has 0 spiro atoms.